The molecule has 0 atom stereocenters. The maximum atomic E-state index is 4.95. The van der Waals surface area contributed by atoms with Crippen molar-refractivity contribution in [2.75, 3.05) is 0 Å². The summed E-state index contributed by atoms with van der Waals surface area (Å²) >= 11 is 0. The Hall–Kier alpha value is -3.13. The van der Waals surface area contributed by atoms with Crippen molar-refractivity contribution in [3.8, 4) is 22.5 Å². The Morgan fingerprint density at radius 3 is 2.12 bits per heavy atom. The summed E-state index contributed by atoms with van der Waals surface area (Å²) in [7, 11) is 0. The van der Waals surface area contributed by atoms with Gasteiger partial charge in [-0.25, -0.2) is 0 Å². The van der Waals surface area contributed by atoms with Crippen molar-refractivity contribution < 1.29 is 0 Å². The van der Waals surface area contributed by atoms with E-state index in [1.807, 2.05) is 6.07 Å². The van der Waals surface area contributed by atoms with E-state index in [0.29, 0.717) is 0 Å². The first-order valence-electron chi connectivity index (χ1n) is 8.96. The molecule has 0 saturated heterocycles. The number of aromatic nitrogens is 2. The van der Waals surface area contributed by atoms with Gasteiger partial charge in [0.1, 0.15) is 0 Å². The maximum Gasteiger partial charge on any atom is 0.0929 e. The third-order valence-corrected chi connectivity index (χ3v) is 4.85. The van der Waals surface area contributed by atoms with Gasteiger partial charge in [0, 0.05) is 11.1 Å². The highest BCUT2D eigenvalue weighted by molar-refractivity contribution is 5.70. The summed E-state index contributed by atoms with van der Waals surface area (Å²) in [5, 5.41) is 4.95. The molecule has 0 N–H and O–H groups in total. The normalized spacial score (nSPS) is 10.8. The standard InChI is InChI=1S/C24H22N2/c1-18-10-6-8-14-21(18)17-26-24(22-15-9-7-11-19(22)2)16-23(25-26)20-12-4-3-5-13-20/h3-16H,17H2,1-2H3. The fraction of sp³-hybridized carbons (Fsp3) is 0.125. The lowest BCUT2D eigenvalue weighted by molar-refractivity contribution is 0.693. The second-order valence-electron chi connectivity index (χ2n) is 6.68. The maximum absolute atomic E-state index is 4.95. The predicted molar refractivity (Wildman–Crippen MR) is 108 cm³/mol. The second kappa shape index (κ2) is 7.01. The van der Waals surface area contributed by atoms with Crippen molar-refractivity contribution in [1.82, 2.24) is 9.78 Å². The van der Waals surface area contributed by atoms with E-state index in [4.69, 9.17) is 5.10 Å². The number of nitrogens with zero attached hydrogens (tertiary/aromatic N) is 2. The van der Waals surface area contributed by atoms with Crippen molar-refractivity contribution in [2.45, 2.75) is 20.4 Å². The molecular formula is C24H22N2. The Morgan fingerprint density at radius 1 is 0.731 bits per heavy atom. The van der Waals surface area contributed by atoms with E-state index >= 15 is 0 Å². The molecule has 0 bridgehead atoms. The molecule has 0 amide bonds. The van der Waals surface area contributed by atoms with Gasteiger partial charge in [-0.3, -0.25) is 4.68 Å². The molecule has 0 fully saturated rings. The summed E-state index contributed by atoms with van der Waals surface area (Å²) in [5.41, 5.74) is 8.40. The fourth-order valence-corrected chi connectivity index (χ4v) is 3.31. The smallest absolute Gasteiger partial charge is 0.0929 e. The molecule has 0 aliphatic heterocycles. The first-order valence-corrected chi connectivity index (χ1v) is 8.96. The Morgan fingerprint density at radius 2 is 1.38 bits per heavy atom. The lowest BCUT2D eigenvalue weighted by Gasteiger charge is -2.11. The van der Waals surface area contributed by atoms with Gasteiger partial charge in [0.25, 0.3) is 0 Å². The van der Waals surface area contributed by atoms with E-state index in [1.54, 1.807) is 0 Å². The van der Waals surface area contributed by atoms with Crippen LogP contribution in [0.25, 0.3) is 22.5 Å². The highest BCUT2D eigenvalue weighted by Gasteiger charge is 2.14. The molecule has 0 unspecified atom stereocenters. The average Bonchev–Trinajstić information content (AvgIpc) is 3.08. The molecule has 0 aliphatic rings. The Labute approximate surface area is 154 Å². The quantitative estimate of drug-likeness (QED) is 0.454. The van der Waals surface area contributed by atoms with E-state index in [2.05, 4.69) is 97.4 Å². The first-order chi connectivity index (χ1) is 12.7. The minimum Gasteiger partial charge on any atom is -0.260 e. The summed E-state index contributed by atoms with van der Waals surface area (Å²) in [4.78, 5) is 0. The minimum absolute atomic E-state index is 0.767. The van der Waals surface area contributed by atoms with Crippen LogP contribution in [-0.4, -0.2) is 9.78 Å². The van der Waals surface area contributed by atoms with Gasteiger partial charge in [-0.2, -0.15) is 5.10 Å². The highest BCUT2D eigenvalue weighted by Crippen LogP contribution is 2.29. The molecule has 4 rings (SSSR count). The molecule has 0 spiro atoms. The molecule has 128 valence electrons. The van der Waals surface area contributed by atoms with Crippen molar-refractivity contribution in [3.63, 3.8) is 0 Å². The Kier molecular flexibility index (Phi) is 4.40. The predicted octanol–water partition coefficient (Wildman–Crippen LogP) is 5.88. The lowest BCUT2D eigenvalue weighted by Crippen LogP contribution is -2.05. The van der Waals surface area contributed by atoms with E-state index in [-0.39, 0.29) is 0 Å². The molecule has 0 saturated carbocycles. The molecule has 2 nitrogen and oxygen atoms in total. The molecule has 1 aromatic heterocycles. The summed E-state index contributed by atoms with van der Waals surface area (Å²) in [6, 6.07) is 29.6. The van der Waals surface area contributed by atoms with Crippen molar-refractivity contribution in [1.29, 1.82) is 0 Å². The van der Waals surface area contributed by atoms with Gasteiger partial charge in [0.15, 0.2) is 0 Å². The van der Waals surface area contributed by atoms with Crippen LogP contribution >= 0.6 is 0 Å². The van der Waals surface area contributed by atoms with E-state index in [1.165, 1.54) is 22.3 Å². The summed E-state index contributed by atoms with van der Waals surface area (Å²) in [5.74, 6) is 0. The van der Waals surface area contributed by atoms with E-state index in [0.717, 1.165) is 23.5 Å². The Balaban J connectivity index is 1.85. The minimum atomic E-state index is 0.767. The third kappa shape index (κ3) is 3.18. The zero-order valence-corrected chi connectivity index (χ0v) is 15.2. The van der Waals surface area contributed by atoms with Gasteiger partial charge in [-0.05, 0) is 36.6 Å². The molecule has 4 aromatic rings. The van der Waals surface area contributed by atoms with Crippen molar-refractivity contribution >= 4 is 0 Å². The largest absolute Gasteiger partial charge is 0.260 e. The number of benzene rings is 3. The topological polar surface area (TPSA) is 17.8 Å². The van der Waals surface area contributed by atoms with Crippen LogP contribution < -0.4 is 0 Å². The van der Waals surface area contributed by atoms with Crippen LogP contribution in [0.3, 0.4) is 0 Å². The van der Waals surface area contributed by atoms with Crippen LogP contribution in [0.1, 0.15) is 16.7 Å². The number of hydrogen-bond donors (Lipinski definition) is 0. The van der Waals surface area contributed by atoms with Gasteiger partial charge in [0.05, 0.1) is 17.9 Å². The average molecular weight is 338 g/mol. The fourth-order valence-electron chi connectivity index (χ4n) is 3.31. The van der Waals surface area contributed by atoms with Gasteiger partial charge in [-0.1, -0.05) is 78.9 Å². The van der Waals surface area contributed by atoms with Crippen LogP contribution in [0.5, 0.6) is 0 Å². The zero-order valence-electron chi connectivity index (χ0n) is 15.2. The highest BCUT2D eigenvalue weighted by atomic mass is 15.3. The number of hydrogen-bond acceptors (Lipinski definition) is 1. The number of rotatable bonds is 4. The van der Waals surface area contributed by atoms with Gasteiger partial charge in [-0.15, -0.1) is 0 Å². The van der Waals surface area contributed by atoms with Gasteiger partial charge >= 0.3 is 0 Å². The summed E-state index contributed by atoms with van der Waals surface area (Å²) in [6.07, 6.45) is 0. The molecule has 0 radical (unpaired) electrons. The first kappa shape index (κ1) is 16.3. The van der Waals surface area contributed by atoms with E-state index < -0.39 is 0 Å². The molecular weight excluding hydrogens is 316 g/mol. The van der Waals surface area contributed by atoms with Crippen molar-refractivity contribution in [2.24, 2.45) is 0 Å². The lowest BCUT2D eigenvalue weighted by atomic mass is 10.0. The van der Waals surface area contributed by atoms with Crippen LogP contribution in [0.4, 0.5) is 0 Å². The van der Waals surface area contributed by atoms with Gasteiger partial charge in [0.2, 0.25) is 0 Å². The second-order valence-corrected chi connectivity index (χ2v) is 6.68. The van der Waals surface area contributed by atoms with Crippen LogP contribution in [0.2, 0.25) is 0 Å². The molecule has 26 heavy (non-hydrogen) atoms. The number of aryl methyl sites for hydroxylation is 2. The van der Waals surface area contributed by atoms with Crippen LogP contribution in [0, 0.1) is 13.8 Å². The van der Waals surface area contributed by atoms with Gasteiger partial charge < -0.3 is 0 Å². The van der Waals surface area contributed by atoms with Crippen LogP contribution in [-0.2, 0) is 6.54 Å². The summed E-state index contributed by atoms with van der Waals surface area (Å²) in [6.45, 7) is 5.08. The monoisotopic (exact) mass is 338 g/mol. The molecule has 2 heteroatoms. The molecule has 1 heterocycles. The van der Waals surface area contributed by atoms with E-state index in [9.17, 15) is 0 Å². The molecule has 0 aliphatic carbocycles. The van der Waals surface area contributed by atoms with Crippen LogP contribution in [0.15, 0.2) is 84.9 Å². The Bertz CT molecular complexity index is 1030. The molecule has 3 aromatic carbocycles. The summed E-state index contributed by atoms with van der Waals surface area (Å²) < 4.78 is 2.13. The third-order valence-electron chi connectivity index (χ3n) is 4.85. The van der Waals surface area contributed by atoms with Crippen molar-refractivity contribution in [3.05, 3.63) is 102 Å². The SMILES string of the molecule is Cc1ccccc1Cn1nc(-c2ccccc2)cc1-c1ccccc1C. The zero-order chi connectivity index (χ0) is 17.9.